The predicted octanol–water partition coefficient (Wildman–Crippen LogP) is 2.43. The van der Waals surface area contributed by atoms with Crippen LogP contribution in [-0.2, 0) is 14.4 Å². The molecule has 1 fully saturated rings. The summed E-state index contributed by atoms with van der Waals surface area (Å²) in [6, 6.07) is 5.11. The van der Waals surface area contributed by atoms with Crippen LogP contribution >= 0.6 is 0 Å². The second-order valence-corrected chi connectivity index (χ2v) is 6.52. The van der Waals surface area contributed by atoms with Crippen molar-refractivity contribution in [1.82, 2.24) is 0 Å². The van der Waals surface area contributed by atoms with Crippen molar-refractivity contribution < 1.29 is 24.2 Å². The first-order chi connectivity index (χ1) is 12.5. The van der Waals surface area contributed by atoms with Crippen LogP contribution in [0.1, 0.15) is 25.7 Å². The third kappa shape index (κ3) is 3.56. The standard InChI is InChI=1S/C19H22N2O5/c1-26-16-11-12(8-9-15(16)21-10-4-7-17(21)22)20-18(23)13-5-2-3-6-14(13)19(24)25/h2-3,8-9,11,13-14H,4-7,10H2,1H3,(H,20,23)(H,24,25)/t13-,14+/m0/s1. The van der Waals surface area contributed by atoms with Crippen LogP contribution in [0, 0.1) is 11.8 Å². The number of ether oxygens (including phenoxy) is 1. The Bertz CT molecular complexity index is 758. The zero-order valence-corrected chi connectivity index (χ0v) is 14.6. The molecule has 0 aromatic heterocycles. The fourth-order valence-corrected chi connectivity index (χ4v) is 3.49. The molecule has 26 heavy (non-hydrogen) atoms. The van der Waals surface area contributed by atoms with E-state index in [-0.39, 0.29) is 11.8 Å². The molecule has 2 amide bonds. The van der Waals surface area contributed by atoms with Gasteiger partial charge in [0.05, 0.1) is 24.6 Å². The minimum atomic E-state index is -0.963. The van der Waals surface area contributed by atoms with E-state index < -0.39 is 17.8 Å². The molecule has 1 aromatic rings. The molecule has 2 N–H and O–H groups in total. The van der Waals surface area contributed by atoms with Gasteiger partial charge >= 0.3 is 5.97 Å². The number of carbonyl (C=O) groups is 3. The van der Waals surface area contributed by atoms with E-state index >= 15 is 0 Å². The summed E-state index contributed by atoms with van der Waals surface area (Å²) in [6.07, 6.45) is 5.73. The molecule has 1 aromatic carbocycles. The van der Waals surface area contributed by atoms with E-state index in [9.17, 15) is 19.5 Å². The van der Waals surface area contributed by atoms with Crippen molar-refractivity contribution in [3.63, 3.8) is 0 Å². The quantitative estimate of drug-likeness (QED) is 0.788. The molecule has 0 spiro atoms. The van der Waals surface area contributed by atoms with Gasteiger partial charge in [0.15, 0.2) is 0 Å². The molecule has 3 rings (SSSR count). The molecule has 7 heteroatoms. The third-order valence-corrected chi connectivity index (χ3v) is 4.90. The summed E-state index contributed by atoms with van der Waals surface area (Å²) >= 11 is 0. The number of rotatable bonds is 5. The minimum Gasteiger partial charge on any atom is -0.494 e. The molecule has 1 aliphatic carbocycles. The fourth-order valence-electron chi connectivity index (χ4n) is 3.49. The number of benzene rings is 1. The number of carbonyl (C=O) groups excluding carboxylic acids is 2. The maximum absolute atomic E-state index is 12.6. The van der Waals surface area contributed by atoms with Crippen LogP contribution in [0.15, 0.2) is 30.4 Å². The first-order valence-electron chi connectivity index (χ1n) is 8.68. The largest absolute Gasteiger partial charge is 0.494 e. The highest BCUT2D eigenvalue weighted by molar-refractivity contribution is 5.98. The molecule has 7 nitrogen and oxygen atoms in total. The lowest BCUT2D eigenvalue weighted by Crippen LogP contribution is -2.34. The highest BCUT2D eigenvalue weighted by Gasteiger charge is 2.34. The van der Waals surface area contributed by atoms with E-state index in [4.69, 9.17) is 4.74 Å². The number of amides is 2. The smallest absolute Gasteiger partial charge is 0.307 e. The van der Waals surface area contributed by atoms with Gasteiger partial charge in [0.1, 0.15) is 5.75 Å². The van der Waals surface area contributed by atoms with Crippen molar-refractivity contribution in [3.05, 3.63) is 30.4 Å². The SMILES string of the molecule is COc1cc(NC(=O)[C@H]2CC=CC[C@H]2C(=O)O)ccc1N1CCCC1=O. The minimum absolute atomic E-state index is 0.0541. The molecular weight excluding hydrogens is 336 g/mol. The Kier molecular flexibility index (Phi) is 5.25. The summed E-state index contributed by atoms with van der Waals surface area (Å²) in [7, 11) is 1.51. The van der Waals surface area contributed by atoms with Crippen LogP contribution in [-0.4, -0.2) is 36.5 Å². The summed E-state index contributed by atoms with van der Waals surface area (Å²) in [5.41, 5.74) is 1.19. The Labute approximate surface area is 151 Å². The maximum atomic E-state index is 12.6. The van der Waals surface area contributed by atoms with Crippen molar-refractivity contribution >= 4 is 29.2 Å². The van der Waals surface area contributed by atoms with Gasteiger partial charge in [-0.3, -0.25) is 14.4 Å². The molecule has 0 radical (unpaired) electrons. The molecule has 138 valence electrons. The number of hydrogen-bond acceptors (Lipinski definition) is 4. The van der Waals surface area contributed by atoms with Crippen molar-refractivity contribution in [1.29, 1.82) is 0 Å². The van der Waals surface area contributed by atoms with E-state index in [0.29, 0.717) is 42.9 Å². The first kappa shape index (κ1) is 18.0. The fraction of sp³-hybridized carbons (Fsp3) is 0.421. The van der Waals surface area contributed by atoms with E-state index in [0.717, 1.165) is 6.42 Å². The van der Waals surface area contributed by atoms with Crippen molar-refractivity contribution in [3.8, 4) is 5.75 Å². The number of carboxylic acids is 1. The summed E-state index contributed by atoms with van der Waals surface area (Å²) in [5.74, 6) is -2.06. The van der Waals surface area contributed by atoms with Gasteiger partial charge in [0.25, 0.3) is 0 Å². The Morgan fingerprint density at radius 2 is 1.96 bits per heavy atom. The number of nitrogens with zero attached hydrogens (tertiary/aromatic N) is 1. The topological polar surface area (TPSA) is 95.9 Å². The summed E-state index contributed by atoms with van der Waals surface area (Å²) in [6.45, 7) is 0.648. The van der Waals surface area contributed by atoms with Gasteiger partial charge in [-0.1, -0.05) is 12.2 Å². The third-order valence-electron chi connectivity index (χ3n) is 4.90. The number of allylic oxidation sites excluding steroid dienone is 2. The summed E-state index contributed by atoms with van der Waals surface area (Å²) < 4.78 is 5.38. The highest BCUT2D eigenvalue weighted by Crippen LogP contribution is 2.34. The first-order valence-corrected chi connectivity index (χ1v) is 8.68. The van der Waals surface area contributed by atoms with Gasteiger partial charge in [0, 0.05) is 24.7 Å². The second-order valence-electron chi connectivity index (χ2n) is 6.52. The van der Waals surface area contributed by atoms with Crippen LogP contribution in [0.3, 0.4) is 0 Å². The highest BCUT2D eigenvalue weighted by atomic mass is 16.5. The molecule has 2 aliphatic rings. The summed E-state index contributed by atoms with van der Waals surface area (Å²) in [4.78, 5) is 37.6. The van der Waals surface area contributed by atoms with Gasteiger partial charge in [-0.05, 0) is 31.4 Å². The zero-order valence-electron chi connectivity index (χ0n) is 14.6. The van der Waals surface area contributed by atoms with Gasteiger partial charge in [-0.25, -0.2) is 0 Å². The number of hydrogen-bond donors (Lipinski definition) is 2. The number of methoxy groups -OCH3 is 1. The van der Waals surface area contributed by atoms with E-state index in [2.05, 4.69) is 5.32 Å². The molecule has 2 atom stereocenters. The van der Waals surface area contributed by atoms with Crippen LogP contribution in [0.4, 0.5) is 11.4 Å². The summed E-state index contributed by atoms with van der Waals surface area (Å²) in [5, 5.41) is 12.1. The van der Waals surface area contributed by atoms with E-state index in [1.807, 2.05) is 6.08 Å². The van der Waals surface area contributed by atoms with Crippen LogP contribution in [0.5, 0.6) is 5.75 Å². The molecule has 1 saturated heterocycles. The van der Waals surface area contributed by atoms with Gasteiger partial charge in [-0.15, -0.1) is 0 Å². The zero-order chi connectivity index (χ0) is 18.7. The van der Waals surface area contributed by atoms with Crippen LogP contribution in [0.25, 0.3) is 0 Å². The molecule has 1 heterocycles. The lowest BCUT2D eigenvalue weighted by atomic mass is 9.82. The van der Waals surface area contributed by atoms with Gasteiger partial charge < -0.3 is 20.1 Å². The van der Waals surface area contributed by atoms with Crippen molar-refractivity contribution in [2.24, 2.45) is 11.8 Å². The predicted molar refractivity (Wildman–Crippen MR) is 96.2 cm³/mol. The number of anilines is 2. The Hall–Kier alpha value is -2.83. The monoisotopic (exact) mass is 358 g/mol. The van der Waals surface area contributed by atoms with E-state index in [1.54, 1.807) is 29.2 Å². The Morgan fingerprint density at radius 1 is 1.23 bits per heavy atom. The Morgan fingerprint density at radius 3 is 2.58 bits per heavy atom. The number of aliphatic carboxylic acids is 1. The van der Waals surface area contributed by atoms with Gasteiger partial charge in [0.2, 0.25) is 11.8 Å². The molecule has 0 bridgehead atoms. The average molecular weight is 358 g/mol. The normalized spacial score (nSPS) is 22.3. The lowest BCUT2D eigenvalue weighted by Gasteiger charge is -2.24. The lowest BCUT2D eigenvalue weighted by molar-refractivity contribution is -0.146. The number of carboxylic acid groups (broad SMARTS) is 1. The average Bonchev–Trinajstić information content (AvgIpc) is 3.07. The molecule has 0 saturated carbocycles. The number of nitrogens with one attached hydrogen (secondary N) is 1. The molecule has 0 unspecified atom stereocenters. The molecule has 1 aliphatic heterocycles. The second kappa shape index (κ2) is 7.59. The van der Waals surface area contributed by atoms with Crippen LogP contribution < -0.4 is 15.0 Å². The molecular formula is C19H22N2O5. The van der Waals surface area contributed by atoms with Crippen molar-refractivity contribution in [2.75, 3.05) is 23.9 Å². The van der Waals surface area contributed by atoms with E-state index in [1.165, 1.54) is 7.11 Å². The van der Waals surface area contributed by atoms with Crippen LogP contribution in [0.2, 0.25) is 0 Å². The Balaban J connectivity index is 1.77. The van der Waals surface area contributed by atoms with Gasteiger partial charge in [-0.2, -0.15) is 0 Å². The van der Waals surface area contributed by atoms with Crippen molar-refractivity contribution in [2.45, 2.75) is 25.7 Å². The maximum Gasteiger partial charge on any atom is 0.307 e.